The Labute approximate surface area is 170 Å². The van der Waals surface area contributed by atoms with E-state index in [1.807, 2.05) is 29.2 Å². The molecule has 1 fully saturated rings. The van der Waals surface area contributed by atoms with Gasteiger partial charge in [-0.1, -0.05) is 34.1 Å². The molecule has 0 spiro atoms. The number of nitrogens with one attached hydrogen (secondary N) is 1. The zero-order valence-electron chi connectivity index (χ0n) is 14.7. The van der Waals surface area contributed by atoms with E-state index in [-0.39, 0.29) is 35.2 Å². The van der Waals surface area contributed by atoms with E-state index in [0.717, 1.165) is 28.6 Å². The third kappa shape index (κ3) is 5.56. The maximum atomic E-state index is 13.1. The molecule has 1 aliphatic rings. The Morgan fingerprint density at radius 1 is 1.19 bits per heavy atom. The fourth-order valence-electron chi connectivity index (χ4n) is 3.17. The summed E-state index contributed by atoms with van der Waals surface area (Å²) >= 11 is 4.67. The lowest BCUT2D eigenvalue weighted by Crippen LogP contribution is -2.32. The van der Waals surface area contributed by atoms with Crippen LogP contribution >= 0.6 is 27.7 Å². The summed E-state index contributed by atoms with van der Waals surface area (Å²) in [6.07, 6.45) is 1.81. The predicted octanol–water partition coefficient (Wildman–Crippen LogP) is 4.62. The monoisotopic (exact) mass is 450 g/mol. The molecule has 7 heteroatoms. The maximum absolute atomic E-state index is 13.1. The number of nitrogens with zero attached hydrogens (tertiary/aromatic N) is 1. The van der Waals surface area contributed by atoms with Crippen molar-refractivity contribution >= 4 is 45.2 Å². The van der Waals surface area contributed by atoms with E-state index in [9.17, 15) is 14.0 Å². The Hall–Kier alpha value is -1.86. The van der Waals surface area contributed by atoms with Crippen molar-refractivity contribution in [3.63, 3.8) is 0 Å². The number of anilines is 1. The number of likely N-dealkylation sites (tertiary alicyclic amines) is 1. The number of halogens is 2. The van der Waals surface area contributed by atoms with Crippen molar-refractivity contribution < 1.29 is 14.0 Å². The lowest BCUT2D eigenvalue weighted by Gasteiger charge is -2.25. The summed E-state index contributed by atoms with van der Waals surface area (Å²) in [4.78, 5) is 26.4. The zero-order chi connectivity index (χ0) is 19.2. The molecule has 27 heavy (non-hydrogen) atoms. The first-order chi connectivity index (χ1) is 13.0. The van der Waals surface area contributed by atoms with Gasteiger partial charge in [-0.2, -0.15) is 0 Å². The summed E-state index contributed by atoms with van der Waals surface area (Å²) in [5, 5.41) is 2.82. The van der Waals surface area contributed by atoms with Gasteiger partial charge in [-0.3, -0.25) is 9.59 Å². The minimum Gasteiger partial charge on any atom is -0.335 e. The second kappa shape index (κ2) is 9.37. The van der Waals surface area contributed by atoms with Crippen LogP contribution in [-0.4, -0.2) is 34.8 Å². The van der Waals surface area contributed by atoms with Crippen LogP contribution in [-0.2, 0) is 9.59 Å². The van der Waals surface area contributed by atoms with E-state index in [2.05, 4.69) is 21.2 Å². The highest BCUT2D eigenvalue weighted by Gasteiger charge is 2.29. The van der Waals surface area contributed by atoms with Crippen LogP contribution in [0.5, 0.6) is 0 Å². The molecule has 142 valence electrons. The lowest BCUT2D eigenvalue weighted by molar-refractivity contribution is -0.129. The minimum absolute atomic E-state index is 0.00537. The SMILES string of the molecule is O=C(CSCC(=O)N1CCCC1c1ccc(F)cc1)Nc1cccc(Br)c1. The van der Waals surface area contributed by atoms with Gasteiger partial charge in [0, 0.05) is 16.7 Å². The van der Waals surface area contributed by atoms with Crippen molar-refractivity contribution in [1.29, 1.82) is 0 Å². The number of hydrogen-bond acceptors (Lipinski definition) is 3. The summed E-state index contributed by atoms with van der Waals surface area (Å²) in [7, 11) is 0. The molecule has 1 N–H and O–H groups in total. The first-order valence-electron chi connectivity index (χ1n) is 8.71. The number of benzene rings is 2. The molecule has 0 bridgehead atoms. The van der Waals surface area contributed by atoms with Gasteiger partial charge in [0.15, 0.2) is 0 Å². The highest BCUT2D eigenvalue weighted by Crippen LogP contribution is 2.32. The van der Waals surface area contributed by atoms with Crippen LogP contribution in [0.4, 0.5) is 10.1 Å². The molecule has 1 atom stereocenters. The second-order valence-electron chi connectivity index (χ2n) is 6.35. The molecular formula is C20H20BrFN2O2S. The smallest absolute Gasteiger partial charge is 0.234 e. The molecule has 3 rings (SSSR count). The Morgan fingerprint density at radius 2 is 1.96 bits per heavy atom. The molecule has 2 amide bonds. The lowest BCUT2D eigenvalue weighted by atomic mass is 10.0. The van der Waals surface area contributed by atoms with E-state index in [4.69, 9.17) is 0 Å². The van der Waals surface area contributed by atoms with Gasteiger partial charge in [-0.15, -0.1) is 11.8 Å². The first-order valence-corrected chi connectivity index (χ1v) is 10.7. The topological polar surface area (TPSA) is 49.4 Å². The third-order valence-corrected chi connectivity index (χ3v) is 5.81. The van der Waals surface area contributed by atoms with Crippen LogP contribution in [0.1, 0.15) is 24.4 Å². The quantitative estimate of drug-likeness (QED) is 0.697. The van der Waals surface area contributed by atoms with Gasteiger partial charge in [-0.25, -0.2) is 4.39 Å². The van der Waals surface area contributed by atoms with Gasteiger partial charge >= 0.3 is 0 Å². The van der Waals surface area contributed by atoms with Crippen molar-refractivity contribution in [2.75, 3.05) is 23.4 Å². The average molecular weight is 451 g/mol. The largest absolute Gasteiger partial charge is 0.335 e. The van der Waals surface area contributed by atoms with Gasteiger partial charge in [0.25, 0.3) is 0 Å². The number of amides is 2. The summed E-state index contributed by atoms with van der Waals surface area (Å²) in [5.74, 6) is 0.0720. The van der Waals surface area contributed by atoms with E-state index >= 15 is 0 Å². The van der Waals surface area contributed by atoms with Gasteiger partial charge in [0.1, 0.15) is 5.82 Å². The van der Waals surface area contributed by atoms with E-state index in [1.54, 1.807) is 12.1 Å². The van der Waals surface area contributed by atoms with Crippen molar-refractivity contribution in [3.05, 3.63) is 64.4 Å². The van der Waals surface area contributed by atoms with Gasteiger partial charge in [0.05, 0.1) is 17.5 Å². The van der Waals surface area contributed by atoms with Crippen molar-refractivity contribution in [2.45, 2.75) is 18.9 Å². The van der Waals surface area contributed by atoms with Gasteiger partial charge in [0.2, 0.25) is 11.8 Å². The minimum atomic E-state index is -0.276. The van der Waals surface area contributed by atoms with Crippen LogP contribution in [0.25, 0.3) is 0 Å². The molecule has 1 aliphatic heterocycles. The highest BCUT2D eigenvalue weighted by atomic mass is 79.9. The number of hydrogen-bond donors (Lipinski definition) is 1. The summed E-state index contributed by atoms with van der Waals surface area (Å²) in [6.45, 7) is 0.700. The van der Waals surface area contributed by atoms with Crippen LogP contribution in [0.15, 0.2) is 53.0 Å². The number of carbonyl (C=O) groups excluding carboxylic acids is 2. The standard InChI is InChI=1S/C20H20BrFN2O2S/c21-15-3-1-4-17(11-15)23-19(25)12-27-13-20(26)24-10-2-5-18(24)14-6-8-16(22)9-7-14/h1,3-4,6-9,11,18H,2,5,10,12-13H2,(H,23,25). The summed E-state index contributed by atoms with van der Waals surface area (Å²) in [6, 6.07) is 13.7. The summed E-state index contributed by atoms with van der Waals surface area (Å²) < 4.78 is 14.0. The van der Waals surface area contributed by atoms with E-state index in [0.29, 0.717) is 6.54 Å². The van der Waals surface area contributed by atoms with Crippen LogP contribution in [0, 0.1) is 5.82 Å². The second-order valence-corrected chi connectivity index (χ2v) is 8.25. The molecule has 2 aromatic carbocycles. The van der Waals surface area contributed by atoms with Crippen molar-refractivity contribution in [2.24, 2.45) is 0 Å². The predicted molar refractivity (Wildman–Crippen MR) is 110 cm³/mol. The molecular weight excluding hydrogens is 431 g/mol. The van der Waals surface area contributed by atoms with Crippen molar-refractivity contribution in [3.8, 4) is 0 Å². The Kier molecular flexibility index (Phi) is 6.90. The zero-order valence-corrected chi connectivity index (χ0v) is 17.1. The molecule has 4 nitrogen and oxygen atoms in total. The highest BCUT2D eigenvalue weighted by molar-refractivity contribution is 9.10. The Morgan fingerprint density at radius 3 is 2.70 bits per heavy atom. The van der Waals surface area contributed by atoms with Crippen LogP contribution < -0.4 is 5.32 Å². The Balaban J connectivity index is 1.48. The molecule has 0 radical (unpaired) electrons. The van der Waals surface area contributed by atoms with Crippen LogP contribution in [0.3, 0.4) is 0 Å². The normalized spacial score (nSPS) is 16.4. The molecule has 0 aliphatic carbocycles. The Bertz CT molecular complexity index is 816. The maximum Gasteiger partial charge on any atom is 0.234 e. The number of carbonyl (C=O) groups is 2. The molecule has 1 saturated heterocycles. The number of thioether (sulfide) groups is 1. The fourth-order valence-corrected chi connectivity index (χ4v) is 4.27. The fraction of sp³-hybridized carbons (Fsp3) is 0.300. The molecule has 0 aromatic heterocycles. The molecule has 2 aromatic rings. The molecule has 1 heterocycles. The number of rotatable bonds is 6. The van der Waals surface area contributed by atoms with E-state index < -0.39 is 0 Å². The third-order valence-electron chi connectivity index (χ3n) is 4.39. The van der Waals surface area contributed by atoms with Crippen molar-refractivity contribution in [1.82, 2.24) is 4.90 Å². The van der Waals surface area contributed by atoms with E-state index in [1.165, 1.54) is 23.9 Å². The van der Waals surface area contributed by atoms with Crippen LogP contribution in [0.2, 0.25) is 0 Å². The summed E-state index contributed by atoms with van der Waals surface area (Å²) in [5.41, 5.74) is 1.68. The molecule has 1 unspecified atom stereocenters. The molecule has 0 saturated carbocycles. The van der Waals surface area contributed by atoms with Gasteiger partial charge < -0.3 is 10.2 Å². The first kappa shape index (κ1) is 19.9. The average Bonchev–Trinajstić information content (AvgIpc) is 3.12. The van der Waals surface area contributed by atoms with Gasteiger partial charge in [-0.05, 0) is 48.7 Å².